The van der Waals surface area contributed by atoms with Crippen LogP contribution >= 0.6 is 0 Å². The largest absolute Gasteiger partial charge is 0.378 e. The van der Waals surface area contributed by atoms with Gasteiger partial charge in [-0.25, -0.2) is 18.9 Å². The first-order valence-corrected chi connectivity index (χ1v) is 23.2. The number of rotatable bonds is 10. The molecule has 2 amide bonds. The maximum Gasteiger partial charge on any atom is 0.249 e. The number of pyridine rings is 2. The van der Waals surface area contributed by atoms with Crippen LogP contribution in [-0.4, -0.2) is 120 Å². The summed E-state index contributed by atoms with van der Waals surface area (Å²) in [6.07, 6.45) is 17.7. The highest BCUT2D eigenvalue weighted by Crippen LogP contribution is 2.38. The summed E-state index contributed by atoms with van der Waals surface area (Å²) in [5.74, 6) is 0.149. The van der Waals surface area contributed by atoms with Gasteiger partial charge >= 0.3 is 0 Å². The van der Waals surface area contributed by atoms with E-state index in [1.54, 1.807) is 10.7 Å². The van der Waals surface area contributed by atoms with Gasteiger partial charge in [-0.1, -0.05) is 12.1 Å². The molecule has 4 aliphatic heterocycles. The van der Waals surface area contributed by atoms with Gasteiger partial charge in [0.1, 0.15) is 34.8 Å². The van der Waals surface area contributed by atoms with Crippen molar-refractivity contribution in [3.63, 3.8) is 0 Å². The van der Waals surface area contributed by atoms with Crippen molar-refractivity contribution in [3.8, 4) is 28.6 Å². The molecule has 1 saturated carbocycles. The van der Waals surface area contributed by atoms with Crippen molar-refractivity contribution in [3.05, 3.63) is 108 Å². The number of hydrogen-bond donors (Lipinski definition) is 2. The van der Waals surface area contributed by atoms with Crippen LogP contribution in [0.5, 0.6) is 0 Å². The summed E-state index contributed by atoms with van der Waals surface area (Å²) >= 11 is 0. The van der Waals surface area contributed by atoms with Crippen LogP contribution in [0.15, 0.2) is 85.7 Å². The lowest BCUT2D eigenvalue weighted by Gasteiger charge is -2.50. The fraction of sp³-hybridized carbons (Fsp3) is 0.429. The number of anilines is 2. The first-order valence-electron chi connectivity index (χ1n) is 23.2. The summed E-state index contributed by atoms with van der Waals surface area (Å²) in [5.41, 5.74) is 6.47. The van der Waals surface area contributed by atoms with E-state index >= 15 is 4.39 Å². The lowest BCUT2D eigenvalue weighted by molar-refractivity contribution is -0.133. The molecule has 3 unspecified atom stereocenters. The molecular weight excluding hydrogens is 838 g/mol. The number of piperazine rings is 1. The highest BCUT2D eigenvalue weighted by molar-refractivity contribution is 6.01. The third-order valence-corrected chi connectivity index (χ3v) is 14.5. The van der Waals surface area contributed by atoms with Crippen molar-refractivity contribution >= 4 is 28.8 Å². The molecule has 1 aromatic carbocycles. The van der Waals surface area contributed by atoms with Gasteiger partial charge in [0.2, 0.25) is 11.8 Å². The second-order valence-electron chi connectivity index (χ2n) is 18.5. The molecule has 6 aromatic rings. The lowest BCUT2D eigenvalue weighted by Crippen LogP contribution is -2.64. The Balaban J connectivity index is 0.722. The predicted octanol–water partition coefficient (Wildman–Crippen LogP) is 5.73. The number of carbonyl (C=O) groups is 2. The third kappa shape index (κ3) is 8.40. The smallest absolute Gasteiger partial charge is 0.249 e. The van der Waals surface area contributed by atoms with E-state index in [2.05, 4.69) is 64.5 Å². The van der Waals surface area contributed by atoms with Gasteiger partial charge in [-0.2, -0.15) is 15.5 Å². The zero-order valence-electron chi connectivity index (χ0n) is 36.7. The third-order valence-electron chi connectivity index (χ3n) is 14.5. The van der Waals surface area contributed by atoms with E-state index in [9.17, 15) is 14.9 Å². The first kappa shape index (κ1) is 42.1. The number of nitriles is 1. The predicted molar refractivity (Wildman–Crippen MR) is 244 cm³/mol. The Morgan fingerprint density at radius 1 is 0.848 bits per heavy atom. The highest BCUT2D eigenvalue weighted by atomic mass is 19.1. The van der Waals surface area contributed by atoms with Crippen LogP contribution in [0, 0.1) is 17.1 Å². The number of carbonyl (C=O) groups excluding carboxylic acids is 2. The van der Waals surface area contributed by atoms with Crippen LogP contribution < -0.4 is 15.5 Å². The van der Waals surface area contributed by atoms with Gasteiger partial charge in [-0.3, -0.25) is 29.5 Å². The molecule has 16 nitrogen and oxygen atoms in total. The molecule has 66 heavy (non-hydrogen) atoms. The number of likely N-dealkylation sites (tertiary alicyclic amines) is 1. The van der Waals surface area contributed by atoms with Gasteiger partial charge in [-0.15, -0.1) is 0 Å². The van der Waals surface area contributed by atoms with Gasteiger partial charge in [0.25, 0.3) is 0 Å². The molecule has 3 atom stereocenters. The van der Waals surface area contributed by atoms with Crippen molar-refractivity contribution in [1.29, 1.82) is 5.26 Å². The molecule has 0 spiro atoms. The number of benzene rings is 1. The first-order chi connectivity index (χ1) is 32.3. The normalized spacial score (nSPS) is 24.3. The summed E-state index contributed by atoms with van der Waals surface area (Å²) in [4.78, 5) is 45.8. The molecule has 1 aliphatic carbocycles. The van der Waals surface area contributed by atoms with Crippen LogP contribution in [0.2, 0.25) is 0 Å². The number of imide groups is 1. The molecule has 11 rings (SSSR count). The fourth-order valence-electron chi connectivity index (χ4n) is 10.9. The number of halogens is 1. The fourth-order valence-corrected chi connectivity index (χ4v) is 10.9. The number of hydrogen-bond acceptors (Lipinski definition) is 13. The number of nitrogens with zero attached hydrogens (tertiary/aromatic N) is 11. The average Bonchev–Trinajstić information content (AvgIpc) is 4.01. The van der Waals surface area contributed by atoms with Crippen LogP contribution in [0.25, 0.3) is 28.0 Å². The van der Waals surface area contributed by atoms with E-state index in [-0.39, 0.29) is 48.1 Å². The minimum absolute atomic E-state index is 0.146. The second kappa shape index (κ2) is 18.0. The Labute approximate surface area is 381 Å². The van der Waals surface area contributed by atoms with Gasteiger partial charge in [0.05, 0.1) is 67.0 Å². The Hall–Kier alpha value is -6.61. The van der Waals surface area contributed by atoms with E-state index in [4.69, 9.17) is 19.8 Å². The molecule has 5 aliphatic rings. The van der Waals surface area contributed by atoms with E-state index < -0.39 is 6.04 Å². The molecule has 338 valence electrons. The van der Waals surface area contributed by atoms with Gasteiger partial charge in [0, 0.05) is 67.5 Å². The summed E-state index contributed by atoms with van der Waals surface area (Å²) < 4.78 is 25.2. The number of piperidine rings is 2. The van der Waals surface area contributed by atoms with Gasteiger partial charge in [-0.05, 0) is 106 Å². The maximum absolute atomic E-state index is 15.4. The summed E-state index contributed by atoms with van der Waals surface area (Å²) in [5, 5.41) is 24.9. The van der Waals surface area contributed by atoms with E-state index in [0.29, 0.717) is 53.8 Å². The Morgan fingerprint density at radius 3 is 2.39 bits per heavy atom. The minimum atomic E-state index is -0.545. The van der Waals surface area contributed by atoms with Gasteiger partial charge < -0.3 is 19.9 Å². The molecule has 4 saturated heterocycles. The standard InChI is InChI=1S/C49H52FN13O3/c50-42-19-35(56-43-11-13-46(64)58-49(43)65)5-10-41(42)31-14-17-59(18-15-31)37-6-8-38(9-7-37)62-24-34(23-54-62)44-28-63-48(33(20-51)22-55-63)47(57-44)32-4-12-45(53-21-32)60-26-39-29-66-30-40(27-60)61(39)25-36-3-1-2-16-52-36/h1-5,10,12,16,19,21-24,28,31,37-40,43,56H,6-9,11,13-15,17-18,25-27,29-30H2,(H,58,64,65)/t37-,38-,39?,40?,43?. The van der Waals surface area contributed by atoms with Gasteiger partial charge in [0.15, 0.2) is 0 Å². The number of aromatic nitrogens is 7. The van der Waals surface area contributed by atoms with Crippen molar-refractivity contribution in [2.75, 3.05) is 49.6 Å². The molecule has 9 heterocycles. The Kier molecular flexibility index (Phi) is 11.5. The van der Waals surface area contributed by atoms with Crippen molar-refractivity contribution in [1.82, 2.24) is 49.5 Å². The van der Waals surface area contributed by atoms with Crippen LogP contribution in [0.1, 0.15) is 80.1 Å². The minimum Gasteiger partial charge on any atom is -0.378 e. The van der Waals surface area contributed by atoms with Crippen molar-refractivity contribution in [2.24, 2.45) is 0 Å². The Bertz CT molecular complexity index is 2760. The topological polar surface area (TPSA) is 175 Å². The monoisotopic (exact) mass is 889 g/mol. The van der Waals surface area contributed by atoms with E-state index in [1.807, 2.05) is 55.1 Å². The van der Waals surface area contributed by atoms with Crippen molar-refractivity contribution in [2.45, 2.75) is 94.0 Å². The molecule has 5 fully saturated rings. The second-order valence-corrected chi connectivity index (χ2v) is 18.5. The lowest BCUT2D eigenvalue weighted by atomic mass is 9.85. The van der Waals surface area contributed by atoms with Crippen LogP contribution in [0.3, 0.4) is 0 Å². The van der Waals surface area contributed by atoms with E-state index in [1.165, 1.54) is 6.07 Å². The quantitative estimate of drug-likeness (QED) is 0.160. The number of morpholine rings is 1. The van der Waals surface area contributed by atoms with Crippen LogP contribution in [0.4, 0.5) is 15.9 Å². The highest BCUT2D eigenvalue weighted by Gasteiger charge is 2.39. The Morgan fingerprint density at radius 2 is 1.67 bits per heavy atom. The molecule has 5 aromatic heterocycles. The maximum atomic E-state index is 15.4. The molecular formula is C49H52FN13O3. The number of nitrogens with one attached hydrogen (secondary N) is 2. The zero-order chi connectivity index (χ0) is 44.7. The van der Waals surface area contributed by atoms with E-state index in [0.717, 1.165) is 99.5 Å². The average molecular weight is 890 g/mol. The number of amides is 2. The molecule has 2 bridgehead atoms. The summed E-state index contributed by atoms with van der Waals surface area (Å²) in [6, 6.07) is 18.3. The van der Waals surface area contributed by atoms with Crippen LogP contribution in [-0.2, 0) is 20.9 Å². The molecule has 2 N–H and O–H groups in total. The number of fused-ring (bicyclic) bond motifs is 3. The zero-order valence-corrected chi connectivity index (χ0v) is 36.7. The molecule has 0 radical (unpaired) electrons. The SMILES string of the molecule is N#Cc1cnn2cc(-c3cnn([C@H]4CC[C@H](N5CCC(c6ccc(NC7CCC(=O)NC7=O)cc6F)CC5)CC4)c3)nc(-c3ccc(N4CC5COCC(C4)N5Cc4ccccn4)nc3)c12. The number of ether oxygens (including phenoxy) is 1. The summed E-state index contributed by atoms with van der Waals surface area (Å²) in [7, 11) is 0. The summed E-state index contributed by atoms with van der Waals surface area (Å²) in [6.45, 7) is 5.59. The van der Waals surface area contributed by atoms with Crippen molar-refractivity contribution < 1.29 is 18.7 Å². The molecule has 17 heteroatoms.